The van der Waals surface area contributed by atoms with Crippen LogP contribution in [-0.4, -0.2) is 35.1 Å². The molecule has 1 heterocycles. The first-order valence-corrected chi connectivity index (χ1v) is 10.1. The lowest BCUT2D eigenvalue weighted by Crippen LogP contribution is -2.38. The monoisotopic (exact) mass is 521 g/mol. The van der Waals surface area contributed by atoms with Gasteiger partial charge in [-0.15, -0.1) is 24.0 Å². The van der Waals surface area contributed by atoms with E-state index in [0.717, 1.165) is 31.3 Å². The summed E-state index contributed by atoms with van der Waals surface area (Å²) in [4.78, 5) is 9.12. The van der Waals surface area contributed by atoms with Crippen LogP contribution in [0.4, 0.5) is 4.39 Å². The smallest absolute Gasteiger partial charge is 0.191 e. The van der Waals surface area contributed by atoms with Crippen LogP contribution in [0, 0.1) is 5.82 Å². The molecule has 0 bridgehead atoms. The number of hydrogen-bond donors (Lipinski definition) is 2. The number of aliphatic imine (C=N–C) groups is 1. The molecule has 160 valence electrons. The summed E-state index contributed by atoms with van der Waals surface area (Å²) in [5.74, 6) is 1.59. The minimum atomic E-state index is -0.165. The third-order valence-electron chi connectivity index (χ3n) is 4.59. The summed E-state index contributed by atoms with van der Waals surface area (Å²) >= 11 is 0. The number of benzene rings is 2. The van der Waals surface area contributed by atoms with Crippen LogP contribution < -0.4 is 10.6 Å². The normalized spacial score (nSPS) is 11.1. The zero-order chi connectivity index (χ0) is 20.3. The summed E-state index contributed by atoms with van der Waals surface area (Å²) in [5.41, 5.74) is 1.96. The van der Waals surface area contributed by atoms with Gasteiger partial charge in [-0.1, -0.05) is 48.5 Å². The molecule has 30 heavy (non-hydrogen) atoms. The van der Waals surface area contributed by atoms with Gasteiger partial charge < -0.3 is 15.2 Å². The second kappa shape index (κ2) is 13.0. The van der Waals surface area contributed by atoms with Crippen molar-refractivity contribution in [1.29, 1.82) is 0 Å². The first kappa shape index (κ1) is 23.9. The van der Waals surface area contributed by atoms with Gasteiger partial charge in [0.15, 0.2) is 5.96 Å². The van der Waals surface area contributed by atoms with Gasteiger partial charge in [-0.05, 0) is 30.5 Å². The standard InChI is InChI=1S/C23H28FN5.HI/c1-2-25-23(27-14-12-20-10-6-7-11-21(20)24)28-15-13-22-26-16-17-29(22)18-19-8-4-3-5-9-19;/h3-11,16-17H,2,12-15,18H2,1H3,(H2,25,27,28);1H. The van der Waals surface area contributed by atoms with E-state index in [1.54, 1.807) is 6.07 Å². The van der Waals surface area contributed by atoms with E-state index >= 15 is 0 Å². The van der Waals surface area contributed by atoms with Gasteiger partial charge in [0.25, 0.3) is 0 Å². The van der Waals surface area contributed by atoms with Crippen LogP contribution in [0.5, 0.6) is 0 Å². The summed E-state index contributed by atoms with van der Waals surface area (Å²) in [6, 6.07) is 17.2. The number of guanidine groups is 1. The molecule has 0 spiro atoms. The van der Waals surface area contributed by atoms with Gasteiger partial charge in [-0.3, -0.25) is 4.99 Å². The SMILES string of the molecule is CCNC(=NCCc1nccn1Cc1ccccc1)NCCc1ccccc1F.I. The number of rotatable bonds is 9. The van der Waals surface area contributed by atoms with E-state index in [1.165, 1.54) is 11.6 Å². The van der Waals surface area contributed by atoms with Crippen LogP contribution in [0.1, 0.15) is 23.9 Å². The summed E-state index contributed by atoms with van der Waals surface area (Å²) in [7, 11) is 0. The Morgan fingerprint density at radius 2 is 1.80 bits per heavy atom. The lowest BCUT2D eigenvalue weighted by Gasteiger charge is -2.12. The number of nitrogens with one attached hydrogen (secondary N) is 2. The molecule has 0 aliphatic carbocycles. The molecule has 1 aromatic heterocycles. The molecule has 0 unspecified atom stereocenters. The highest BCUT2D eigenvalue weighted by molar-refractivity contribution is 14.0. The van der Waals surface area contributed by atoms with Crippen LogP contribution in [0.15, 0.2) is 72.0 Å². The maximum absolute atomic E-state index is 13.7. The molecule has 7 heteroatoms. The minimum Gasteiger partial charge on any atom is -0.357 e. The number of hydrogen-bond acceptors (Lipinski definition) is 2. The Kier molecular flexibility index (Phi) is 10.3. The van der Waals surface area contributed by atoms with Gasteiger partial charge in [0, 0.05) is 45.0 Å². The highest BCUT2D eigenvalue weighted by Gasteiger charge is 2.05. The van der Waals surface area contributed by atoms with E-state index in [4.69, 9.17) is 0 Å². The van der Waals surface area contributed by atoms with Crippen molar-refractivity contribution >= 4 is 29.9 Å². The molecule has 0 radical (unpaired) electrons. The Balaban J connectivity index is 0.00000320. The molecule has 5 nitrogen and oxygen atoms in total. The fourth-order valence-electron chi connectivity index (χ4n) is 3.12. The molecule has 0 atom stereocenters. The quantitative estimate of drug-likeness (QED) is 0.254. The lowest BCUT2D eigenvalue weighted by molar-refractivity contribution is 0.606. The molecule has 0 saturated heterocycles. The van der Waals surface area contributed by atoms with Crippen molar-refractivity contribution in [2.75, 3.05) is 19.6 Å². The third-order valence-corrected chi connectivity index (χ3v) is 4.59. The highest BCUT2D eigenvalue weighted by Crippen LogP contribution is 2.07. The van der Waals surface area contributed by atoms with Gasteiger partial charge >= 0.3 is 0 Å². The maximum Gasteiger partial charge on any atom is 0.191 e. The Morgan fingerprint density at radius 3 is 2.57 bits per heavy atom. The van der Waals surface area contributed by atoms with Crippen LogP contribution in [0.3, 0.4) is 0 Å². The Hall–Kier alpha value is -2.42. The van der Waals surface area contributed by atoms with Crippen molar-refractivity contribution in [1.82, 2.24) is 20.2 Å². The molecule has 2 aromatic carbocycles. The predicted molar refractivity (Wildman–Crippen MR) is 131 cm³/mol. The van der Waals surface area contributed by atoms with E-state index in [1.807, 2.05) is 49.6 Å². The lowest BCUT2D eigenvalue weighted by atomic mass is 10.1. The largest absolute Gasteiger partial charge is 0.357 e. The Bertz CT molecular complexity index is 911. The maximum atomic E-state index is 13.7. The van der Waals surface area contributed by atoms with E-state index < -0.39 is 0 Å². The molecule has 3 aromatic rings. The van der Waals surface area contributed by atoms with Crippen molar-refractivity contribution in [2.45, 2.75) is 26.3 Å². The van der Waals surface area contributed by atoms with Crippen molar-refractivity contribution in [3.8, 4) is 0 Å². The van der Waals surface area contributed by atoms with Crippen LogP contribution in [0.2, 0.25) is 0 Å². The molecular weight excluding hydrogens is 492 g/mol. The van der Waals surface area contributed by atoms with Crippen molar-refractivity contribution in [3.05, 3.63) is 89.8 Å². The molecular formula is C23H29FIN5. The summed E-state index contributed by atoms with van der Waals surface area (Å²) in [6.45, 7) is 4.85. The number of aromatic nitrogens is 2. The van der Waals surface area contributed by atoms with Crippen LogP contribution in [-0.2, 0) is 19.4 Å². The molecule has 0 saturated carbocycles. The van der Waals surface area contributed by atoms with Crippen molar-refractivity contribution in [3.63, 3.8) is 0 Å². The fraction of sp³-hybridized carbons (Fsp3) is 0.304. The molecule has 0 aliphatic heterocycles. The van der Waals surface area contributed by atoms with E-state index in [9.17, 15) is 4.39 Å². The molecule has 0 amide bonds. The number of imidazole rings is 1. The molecule has 2 N–H and O–H groups in total. The first-order valence-electron chi connectivity index (χ1n) is 10.1. The van der Waals surface area contributed by atoms with E-state index in [2.05, 4.69) is 37.3 Å². The first-order chi connectivity index (χ1) is 14.3. The highest BCUT2D eigenvalue weighted by atomic mass is 127. The second-order valence-corrected chi connectivity index (χ2v) is 6.74. The Labute approximate surface area is 194 Å². The topological polar surface area (TPSA) is 54.2 Å². The average Bonchev–Trinajstić information content (AvgIpc) is 3.17. The third kappa shape index (κ3) is 7.44. The molecule has 0 aliphatic rings. The number of nitrogens with zero attached hydrogens (tertiary/aromatic N) is 3. The summed E-state index contributed by atoms with van der Waals surface area (Å²) < 4.78 is 15.9. The average molecular weight is 521 g/mol. The van der Waals surface area contributed by atoms with E-state index in [0.29, 0.717) is 25.1 Å². The van der Waals surface area contributed by atoms with Gasteiger partial charge in [-0.25, -0.2) is 9.37 Å². The van der Waals surface area contributed by atoms with Crippen LogP contribution in [0.25, 0.3) is 0 Å². The van der Waals surface area contributed by atoms with Gasteiger partial charge in [0.05, 0.1) is 0 Å². The summed E-state index contributed by atoms with van der Waals surface area (Å²) in [6.07, 6.45) is 5.20. The predicted octanol–water partition coefficient (Wildman–Crippen LogP) is 4.03. The second-order valence-electron chi connectivity index (χ2n) is 6.74. The fourth-order valence-corrected chi connectivity index (χ4v) is 3.12. The van der Waals surface area contributed by atoms with E-state index in [-0.39, 0.29) is 29.8 Å². The molecule has 3 rings (SSSR count). The zero-order valence-corrected chi connectivity index (χ0v) is 19.6. The van der Waals surface area contributed by atoms with Crippen LogP contribution >= 0.6 is 24.0 Å². The minimum absolute atomic E-state index is 0. The van der Waals surface area contributed by atoms with Gasteiger partial charge in [0.1, 0.15) is 11.6 Å². The van der Waals surface area contributed by atoms with Crippen molar-refractivity contribution < 1.29 is 4.39 Å². The van der Waals surface area contributed by atoms with Gasteiger partial charge in [0.2, 0.25) is 0 Å². The van der Waals surface area contributed by atoms with Gasteiger partial charge in [-0.2, -0.15) is 0 Å². The zero-order valence-electron chi connectivity index (χ0n) is 17.2. The molecule has 0 fully saturated rings. The summed E-state index contributed by atoms with van der Waals surface area (Å²) in [5, 5.41) is 6.51. The van der Waals surface area contributed by atoms with Crippen molar-refractivity contribution in [2.24, 2.45) is 4.99 Å². The Morgan fingerprint density at radius 1 is 1.03 bits per heavy atom. The number of halogens is 2.